The van der Waals surface area contributed by atoms with Crippen molar-refractivity contribution >= 4 is 18.0 Å². The zero-order valence-corrected chi connectivity index (χ0v) is 20.3. The number of carboxylic acids is 1. The number of carboxylic acid groups (broad SMARTS) is 1. The van der Waals surface area contributed by atoms with Crippen molar-refractivity contribution in [1.82, 2.24) is 10.6 Å². The van der Waals surface area contributed by atoms with Crippen LogP contribution in [0.5, 0.6) is 0 Å². The summed E-state index contributed by atoms with van der Waals surface area (Å²) in [4.78, 5) is 36.4. The number of alkyl carbamates (subject to hydrolysis) is 1. The molecule has 0 bridgehead atoms. The van der Waals surface area contributed by atoms with Crippen molar-refractivity contribution in [2.75, 3.05) is 6.61 Å². The fraction of sp³-hybridized carbons (Fsp3) is 0.464. The number of rotatable bonds is 9. The van der Waals surface area contributed by atoms with Gasteiger partial charge in [-0.25, -0.2) is 9.59 Å². The summed E-state index contributed by atoms with van der Waals surface area (Å²) < 4.78 is 5.64. The van der Waals surface area contributed by atoms with E-state index < -0.39 is 18.1 Å². The third-order valence-electron chi connectivity index (χ3n) is 7.48. The number of aliphatic carboxylic acids is 1. The van der Waals surface area contributed by atoms with Crippen LogP contribution in [-0.2, 0) is 14.3 Å². The van der Waals surface area contributed by atoms with E-state index in [9.17, 15) is 19.5 Å². The molecule has 2 aromatic rings. The Kier molecular flexibility index (Phi) is 7.73. The molecule has 7 heteroatoms. The van der Waals surface area contributed by atoms with Crippen LogP contribution in [0.15, 0.2) is 48.5 Å². The lowest BCUT2D eigenvalue weighted by molar-refractivity contribution is -0.143. The Balaban J connectivity index is 1.25. The maximum Gasteiger partial charge on any atom is 0.407 e. The lowest BCUT2D eigenvalue weighted by Crippen LogP contribution is -2.45. The zero-order valence-electron chi connectivity index (χ0n) is 20.3. The monoisotopic (exact) mass is 478 g/mol. The van der Waals surface area contributed by atoms with E-state index in [4.69, 9.17) is 4.74 Å². The average molecular weight is 479 g/mol. The highest BCUT2D eigenvalue weighted by Gasteiger charge is 2.32. The SMILES string of the molecule is CC[C@H](C)[C@H](NC(=O)CC1CCC(NC(=O)OCC2c3ccccc3-c3ccccc32)C1)C(=O)O. The van der Waals surface area contributed by atoms with E-state index in [1.165, 1.54) is 22.3 Å². The van der Waals surface area contributed by atoms with Crippen LogP contribution in [0.25, 0.3) is 11.1 Å². The van der Waals surface area contributed by atoms with Gasteiger partial charge in [-0.1, -0.05) is 68.8 Å². The van der Waals surface area contributed by atoms with E-state index in [2.05, 4.69) is 34.9 Å². The highest BCUT2D eigenvalue weighted by molar-refractivity contribution is 5.84. The van der Waals surface area contributed by atoms with Crippen molar-refractivity contribution in [2.45, 2.75) is 64.0 Å². The van der Waals surface area contributed by atoms with Crippen molar-refractivity contribution in [3.63, 3.8) is 0 Å². The van der Waals surface area contributed by atoms with Gasteiger partial charge in [-0.05, 0) is 53.4 Å². The average Bonchev–Trinajstić information content (AvgIpc) is 3.42. The number of carbonyl (C=O) groups is 3. The normalized spacial score (nSPS) is 20.4. The molecule has 4 rings (SSSR count). The molecular formula is C28H34N2O5. The zero-order chi connectivity index (χ0) is 24.9. The quantitative estimate of drug-likeness (QED) is 0.485. The number of amides is 2. The lowest BCUT2D eigenvalue weighted by atomic mass is 9.98. The van der Waals surface area contributed by atoms with Crippen molar-refractivity contribution in [3.8, 4) is 11.1 Å². The number of ether oxygens (including phenoxy) is 1. The number of hydrogen-bond donors (Lipinski definition) is 3. The molecule has 2 aliphatic rings. The first-order chi connectivity index (χ1) is 16.9. The lowest BCUT2D eigenvalue weighted by Gasteiger charge is -2.21. The fourth-order valence-corrected chi connectivity index (χ4v) is 5.38. The predicted molar refractivity (Wildman–Crippen MR) is 133 cm³/mol. The van der Waals surface area contributed by atoms with Crippen LogP contribution in [0, 0.1) is 11.8 Å². The van der Waals surface area contributed by atoms with E-state index >= 15 is 0 Å². The number of nitrogens with one attached hydrogen (secondary N) is 2. The second-order valence-corrected chi connectivity index (χ2v) is 9.82. The first kappa shape index (κ1) is 24.8. The van der Waals surface area contributed by atoms with E-state index in [0.29, 0.717) is 12.8 Å². The van der Waals surface area contributed by atoms with E-state index in [1.807, 2.05) is 38.1 Å². The highest BCUT2D eigenvalue weighted by Crippen LogP contribution is 2.44. The Morgan fingerprint density at radius 3 is 2.26 bits per heavy atom. The van der Waals surface area contributed by atoms with Crippen LogP contribution in [0.4, 0.5) is 4.79 Å². The first-order valence-electron chi connectivity index (χ1n) is 12.5. The minimum atomic E-state index is -1.01. The van der Waals surface area contributed by atoms with E-state index in [0.717, 1.165) is 12.8 Å². The molecule has 1 fully saturated rings. The predicted octanol–water partition coefficient (Wildman–Crippen LogP) is 4.70. The number of fused-ring (bicyclic) bond motifs is 3. The van der Waals surface area contributed by atoms with Gasteiger partial charge in [-0.15, -0.1) is 0 Å². The van der Waals surface area contributed by atoms with E-state index in [1.54, 1.807) is 0 Å². The summed E-state index contributed by atoms with van der Waals surface area (Å²) in [5.74, 6) is -1.26. The minimum absolute atomic E-state index is 0.0147. The molecule has 0 aliphatic heterocycles. The van der Waals surface area contributed by atoms with Crippen molar-refractivity contribution in [2.24, 2.45) is 11.8 Å². The van der Waals surface area contributed by atoms with Gasteiger partial charge in [0.05, 0.1) is 0 Å². The Hall–Kier alpha value is -3.35. The smallest absolute Gasteiger partial charge is 0.407 e. The van der Waals surface area contributed by atoms with Gasteiger partial charge >= 0.3 is 12.1 Å². The molecule has 0 radical (unpaired) electrons. The van der Waals surface area contributed by atoms with Crippen LogP contribution in [0.1, 0.15) is 63.0 Å². The van der Waals surface area contributed by atoms with Gasteiger partial charge in [-0.2, -0.15) is 0 Å². The molecule has 186 valence electrons. The molecule has 0 saturated heterocycles. The number of hydrogen-bond acceptors (Lipinski definition) is 4. The largest absolute Gasteiger partial charge is 0.480 e. The summed E-state index contributed by atoms with van der Waals surface area (Å²) in [6.45, 7) is 4.00. The molecule has 2 unspecified atom stereocenters. The summed E-state index contributed by atoms with van der Waals surface area (Å²) in [6.07, 6.45) is 2.76. The van der Waals surface area contributed by atoms with Crippen molar-refractivity contribution < 1.29 is 24.2 Å². The van der Waals surface area contributed by atoms with Gasteiger partial charge in [-0.3, -0.25) is 4.79 Å². The van der Waals surface area contributed by atoms with Crippen LogP contribution in [0.3, 0.4) is 0 Å². The Morgan fingerprint density at radius 1 is 1.03 bits per heavy atom. The van der Waals surface area contributed by atoms with Gasteiger partial charge in [0.2, 0.25) is 5.91 Å². The first-order valence-corrected chi connectivity index (χ1v) is 12.5. The van der Waals surface area contributed by atoms with Gasteiger partial charge in [0, 0.05) is 18.4 Å². The molecule has 4 atom stereocenters. The molecule has 0 heterocycles. The maximum atomic E-state index is 12.6. The van der Waals surface area contributed by atoms with Crippen LogP contribution in [-0.4, -0.2) is 41.8 Å². The van der Waals surface area contributed by atoms with E-state index in [-0.39, 0.29) is 42.7 Å². The van der Waals surface area contributed by atoms with Crippen molar-refractivity contribution in [1.29, 1.82) is 0 Å². The molecular weight excluding hydrogens is 444 g/mol. The summed E-state index contributed by atoms with van der Waals surface area (Å²) in [5.41, 5.74) is 4.72. The molecule has 1 saturated carbocycles. The third-order valence-corrected chi connectivity index (χ3v) is 7.48. The minimum Gasteiger partial charge on any atom is -0.480 e. The summed E-state index contributed by atoms with van der Waals surface area (Å²) in [6, 6.07) is 15.5. The summed E-state index contributed by atoms with van der Waals surface area (Å²) in [5, 5.41) is 15.0. The van der Waals surface area contributed by atoms with Crippen LogP contribution < -0.4 is 10.6 Å². The Morgan fingerprint density at radius 2 is 1.66 bits per heavy atom. The molecule has 2 amide bonds. The molecule has 2 aromatic carbocycles. The van der Waals surface area contributed by atoms with Gasteiger partial charge in [0.25, 0.3) is 0 Å². The fourth-order valence-electron chi connectivity index (χ4n) is 5.38. The molecule has 35 heavy (non-hydrogen) atoms. The molecule has 2 aliphatic carbocycles. The molecule has 7 nitrogen and oxygen atoms in total. The second kappa shape index (κ2) is 10.9. The topological polar surface area (TPSA) is 105 Å². The summed E-state index contributed by atoms with van der Waals surface area (Å²) >= 11 is 0. The second-order valence-electron chi connectivity index (χ2n) is 9.82. The Labute approximate surface area is 206 Å². The third kappa shape index (κ3) is 5.66. The summed E-state index contributed by atoms with van der Waals surface area (Å²) in [7, 11) is 0. The number of carbonyl (C=O) groups excluding carboxylic acids is 2. The highest BCUT2D eigenvalue weighted by atomic mass is 16.5. The van der Waals surface area contributed by atoms with Gasteiger partial charge < -0.3 is 20.5 Å². The molecule has 0 aromatic heterocycles. The van der Waals surface area contributed by atoms with Crippen LogP contribution >= 0.6 is 0 Å². The van der Waals surface area contributed by atoms with Gasteiger partial charge in [0.1, 0.15) is 12.6 Å². The van der Waals surface area contributed by atoms with Crippen LogP contribution in [0.2, 0.25) is 0 Å². The van der Waals surface area contributed by atoms with Crippen molar-refractivity contribution in [3.05, 3.63) is 59.7 Å². The molecule has 3 N–H and O–H groups in total. The molecule has 0 spiro atoms. The standard InChI is InChI=1S/C28H34N2O5/c1-3-17(2)26(27(32)33)30-25(31)15-18-12-13-19(14-18)29-28(34)35-16-24-22-10-6-4-8-20(22)21-9-5-7-11-23(21)24/h4-11,17-19,24,26H,3,12-16H2,1-2H3,(H,29,34)(H,30,31)(H,32,33)/t17-,18?,19?,26-/m0/s1. The number of benzene rings is 2. The van der Waals surface area contributed by atoms with Gasteiger partial charge in [0.15, 0.2) is 0 Å². The Bertz CT molecular complexity index is 1040. The maximum absolute atomic E-state index is 12.6.